The normalized spacial score (nSPS) is 13.0. The lowest BCUT2D eigenvalue weighted by atomic mass is 9.98. The van der Waals surface area contributed by atoms with Gasteiger partial charge in [-0.3, -0.25) is 9.59 Å². The number of carbonyl (C=O) groups is 2. The van der Waals surface area contributed by atoms with Gasteiger partial charge in [-0.2, -0.15) is 0 Å². The first-order valence-electron chi connectivity index (χ1n) is 9.59. The third-order valence-corrected chi connectivity index (χ3v) is 5.55. The molecule has 4 rings (SSSR count). The molecule has 0 spiro atoms. The monoisotopic (exact) mass is 448 g/mol. The molecule has 0 saturated carbocycles. The lowest BCUT2D eigenvalue weighted by molar-refractivity contribution is 0.0984. The SMILES string of the molecule is Cc1cccc(C(=O)N2CCCc3cc(C(=O)Nc4cccc(Br)c4)ccc32)c1. The Morgan fingerprint density at radius 3 is 2.59 bits per heavy atom. The third kappa shape index (κ3) is 4.25. The second-order valence-corrected chi connectivity index (χ2v) is 8.15. The van der Waals surface area contributed by atoms with Gasteiger partial charge in [-0.05, 0) is 73.9 Å². The van der Waals surface area contributed by atoms with E-state index in [0.717, 1.165) is 39.8 Å². The van der Waals surface area contributed by atoms with Crippen LogP contribution < -0.4 is 10.2 Å². The van der Waals surface area contributed by atoms with Crippen molar-refractivity contribution in [3.05, 3.63) is 93.5 Å². The number of nitrogens with zero attached hydrogens (tertiary/aromatic N) is 1. The van der Waals surface area contributed by atoms with Gasteiger partial charge in [-0.15, -0.1) is 0 Å². The van der Waals surface area contributed by atoms with Gasteiger partial charge in [-0.1, -0.05) is 39.7 Å². The van der Waals surface area contributed by atoms with Crippen LogP contribution in [0, 0.1) is 6.92 Å². The predicted molar refractivity (Wildman–Crippen MR) is 120 cm³/mol. The molecule has 0 radical (unpaired) electrons. The van der Waals surface area contributed by atoms with E-state index in [1.54, 1.807) is 6.07 Å². The zero-order valence-corrected chi connectivity index (χ0v) is 17.7. The van der Waals surface area contributed by atoms with Crippen molar-refractivity contribution >= 4 is 39.1 Å². The highest BCUT2D eigenvalue weighted by atomic mass is 79.9. The fraction of sp³-hybridized carbons (Fsp3) is 0.167. The van der Waals surface area contributed by atoms with Crippen molar-refractivity contribution < 1.29 is 9.59 Å². The molecule has 29 heavy (non-hydrogen) atoms. The fourth-order valence-corrected chi connectivity index (χ4v) is 4.05. The van der Waals surface area contributed by atoms with Crippen molar-refractivity contribution in [2.45, 2.75) is 19.8 Å². The summed E-state index contributed by atoms with van der Waals surface area (Å²) in [6, 6.07) is 20.7. The summed E-state index contributed by atoms with van der Waals surface area (Å²) in [5.41, 5.74) is 5.00. The molecular weight excluding hydrogens is 428 g/mol. The number of carbonyl (C=O) groups excluding carboxylic acids is 2. The maximum Gasteiger partial charge on any atom is 0.258 e. The molecule has 1 aliphatic rings. The van der Waals surface area contributed by atoms with Gasteiger partial charge in [0.1, 0.15) is 0 Å². The minimum absolute atomic E-state index is 0.000914. The van der Waals surface area contributed by atoms with Crippen LogP contribution in [0.2, 0.25) is 0 Å². The van der Waals surface area contributed by atoms with Crippen molar-refractivity contribution in [3.63, 3.8) is 0 Å². The molecule has 1 heterocycles. The number of amides is 2. The van der Waals surface area contributed by atoms with E-state index in [4.69, 9.17) is 0 Å². The smallest absolute Gasteiger partial charge is 0.258 e. The van der Waals surface area contributed by atoms with Crippen LogP contribution in [0.1, 0.15) is 38.3 Å². The van der Waals surface area contributed by atoms with Crippen molar-refractivity contribution in [3.8, 4) is 0 Å². The molecule has 0 atom stereocenters. The summed E-state index contributed by atoms with van der Waals surface area (Å²) >= 11 is 3.41. The van der Waals surface area contributed by atoms with E-state index in [0.29, 0.717) is 17.7 Å². The Labute approximate surface area is 178 Å². The molecule has 1 N–H and O–H groups in total. The minimum Gasteiger partial charge on any atom is -0.322 e. The van der Waals surface area contributed by atoms with E-state index in [1.165, 1.54) is 0 Å². The number of fused-ring (bicyclic) bond motifs is 1. The Kier molecular flexibility index (Phi) is 5.49. The molecule has 0 bridgehead atoms. The quantitative estimate of drug-likeness (QED) is 0.566. The summed E-state index contributed by atoms with van der Waals surface area (Å²) in [5, 5.41) is 2.92. The van der Waals surface area contributed by atoms with E-state index < -0.39 is 0 Å². The van der Waals surface area contributed by atoms with E-state index in [2.05, 4.69) is 21.2 Å². The summed E-state index contributed by atoms with van der Waals surface area (Å²) in [5.74, 6) is -0.158. The van der Waals surface area contributed by atoms with Crippen molar-refractivity contribution in [1.29, 1.82) is 0 Å². The highest BCUT2D eigenvalue weighted by molar-refractivity contribution is 9.10. The van der Waals surface area contributed by atoms with Crippen LogP contribution in [0.4, 0.5) is 11.4 Å². The van der Waals surface area contributed by atoms with Gasteiger partial charge in [-0.25, -0.2) is 0 Å². The highest BCUT2D eigenvalue weighted by Gasteiger charge is 2.24. The molecule has 0 unspecified atom stereocenters. The van der Waals surface area contributed by atoms with Crippen molar-refractivity contribution in [1.82, 2.24) is 0 Å². The Morgan fingerprint density at radius 2 is 1.79 bits per heavy atom. The molecule has 3 aromatic carbocycles. The van der Waals surface area contributed by atoms with Crippen LogP contribution in [-0.2, 0) is 6.42 Å². The number of hydrogen-bond donors (Lipinski definition) is 1. The van der Waals surface area contributed by atoms with E-state index in [9.17, 15) is 9.59 Å². The summed E-state index contributed by atoms with van der Waals surface area (Å²) in [7, 11) is 0. The molecule has 0 fully saturated rings. The molecular formula is C24H21BrN2O2. The molecule has 4 nitrogen and oxygen atoms in total. The highest BCUT2D eigenvalue weighted by Crippen LogP contribution is 2.30. The lowest BCUT2D eigenvalue weighted by Gasteiger charge is -2.30. The van der Waals surface area contributed by atoms with Crippen LogP contribution in [0.25, 0.3) is 0 Å². The molecule has 3 aromatic rings. The summed E-state index contributed by atoms with van der Waals surface area (Å²) in [6.07, 6.45) is 1.73. The van der Waals surface area contributed by atoms with Crippen LogP contribution in [0.15, 0.2) is 71.2 Å². The van der Waals surface area contributed by atoms with Gasteiger partial charge in [0.05, 0.1) is 0 Å². The summed E-state index contributed by atoms with van der Waals surface area (Å²) < 4.78 is 0.908. The maximum atomic E-state index is 13.0. The van der Waals surface area contributed by atoms with Gasteiger partial charge in [0.25, 0.3) is 11.8 Å². The van der Waals surface area contributed by atoms with Gasteiger partial charge in [0, 0.05) is 33.5 Å². The fourth-order valence-electron chi connectivity index (χ4n) is 3.65. The van der Waals surface area contributed by atoms with Gasteiger partial charge >= 0.3 is 0 Å². The van der Waals surface area contributed by atoms with Gasteiger partial charge in [0.2, 0.25) is 0 Å². The van der Waals surface area contributed by atoms with Crippen molar-refractivity contribution in [2.24, 2.45) is 0 Å². The number of anilines is 2. The first kappa shape index (κ1) is 19.4. The Balaban J connectivity index is 1.58. The summed E-state index contributed by atoms with van der Waals surface area (Å²) in [4.78, 5) is 27.6. The number of rotatable bonds is 3. The predicted octanol–water partition coefficient (Wildman–Crippen LogP) is 5.60. The van der Waals surface area contributed by atoms with Gasteiger partial charge in [0.15, 0.2) is 0 Å². The lowest BCUT2D eigenvalue weighted by Crippen LogP contribution is -2.35. The van der Waals surface area contributed by atoms with Crippen LogP contribution >= 0.6 is 15.9 Å². The van der Waals surface area contributed by atoms with Gasteiger partial charge < -0.3 is 10.2 Å². The van der Waals surface area contributed by atoms with Crippen molar-refractivity contribution in [2.75, 3.05) is 16.8 Å². The Hall–Kier alpha value is -2.92. The van der Waals surface area contributed by atoms with E-state index in [1.807, 2.05) is 72.5 Å². The number of nitrogens with one attached hydrogen (secondary N) is 1. The first-order chi connectivity index (χ1) is 14.0. The molecule has 0 aliphatic carbocycles. The molecule has 5 heteroatoms. The van der Waals surface area contributed by atoms with E-state index >= 15 is 0 Å². The summed E-state index contributed by atoms with van der Waals surface area (Å²) in [6.45, 7) is 2.67. The van der Waals surface area contributed by atoms with Crippen LogP contribution in [-0.4, -0.2) is 18.4 Å². The maximum absolute atomic E-state index is 13.0. The number of benzene rings is 3. The zero-order valence-electron chi connectivity index (χ0n) is 16.1. The average molecular weight is 449 g/mol. The Morgan fingerprint density at radius 1 is 0.966 bits per heavy atom. The number of halogens is 1. The molecule has 0 saturated heterocycles. The standard InChI is InChI=1S/C24H21BrN2O2/c1-16-5-2-6-19(13-16)24(29)27-12-4-7-17-14-18(10-11-22(17)27)23(28)26-21-9-3-8-20(25)15-21/h2-3,5-6,8-11,13-15H,4,7,12H2,1H3,(H,26,28). The average Bonchev–Trinajstić information content (AvgIpc) is 2.72. The van der Waals surface area contributed by atoms with Crippen LogP contribution in [0.3, 0.4) is 0 Å². The number of aryl methyl sites for hydroxylation is 2. The minimum atomic E-state index is -0.159. The Bertz CT molecular complexity index is 1090. The first-order valence-corrected chi connectivity index (χ1v) is 10.4. The molecule has 0 aromatic heterocycles. The number of hydrogen-bond acceptors (Lipinski definition) is 2. The molecule has 146 valence electrons. The molecule has 1 aliphatic heterocycles. The second-order valence-electron chi connectivity index (χ2n) is 7.24. The van der Waals surface area contributed by atoms with Crippen LogP contribution in [0.5, 0.6) is 0 Å². The zero-order chi connectivity index (χ0) is 20.4. The third-order valence-electron chi connectivity index (χ3n) is 5.05. The largest absolute Gasteiger partial charge is 0.322 e. The second kappa shape index (κ2) is 8.21. The topological polar surface area (TPSA) is 49.4 Å². The van der Waals surface area contributed by atoms with E-state index in [-0.39, 0.29) is 11.8 Å². The molecule has 2 amide bonds.